The van der Waals surface area contributed by atoms with Crippen LogP contribution in [0.5, 0.6) is 0 Å². The molecule has 1 fully saturated rings. The first-order chi connectivity index (χ1) is 18.3. The molecule has 0 aliphatic carbocycles. The number of ether oxygens (including phenoxy) is 1. The van der Waals surface area contributed by atoms with Gasteiger partial charge in [-0.2, -0.15) is 0 Å². The van der Waals surface area contributed by atoms with Crippen LogP contribution in [-0.2, 0) is 4.74 Å². The Morgan fingerprint density at radius 1 is 1.03 bits per heavy atom. The number of nitrogens with zero attached hydrogens (tertiary/aromatic N) is 5. The van der Waals surface area contributed by atoms with Crippen molar-refractivity contribution in [2.75, 3.05) is 18.8 Å². The third kappa shape index (κ3) is 4.28. The van der Waals surface area contributed by atoms with Crippen molar-refractivity contribution in [3.8, 4) is 22.5 Å². The third-order valence-electron chi connectivity index (χ3n) is 7.06. The summed E-state index contributed by atoms with van der Waals surface area (Å²) in [7, 11) is 0. The first kappa shape index (κ1) is 24.4. The van der Waals surface area contributed by atoms with Gasteiger partial charge in [0.1, 0.15) is 11.5 Å². The van der Waals surface area contributed by atoms with Crippen LogP contribution in [0.4, 0.5) is 10.2 Å². The van der Waals surface area contributed by atoms with Crippen molar-refractivity contribution in [3.05, 3.63) is 78.0 Å². The van der Waals surface area contributed by atoms with Crippen molar-refractivity contribution in [1.29, 1.82) is 0 Å². The van der Waals surface area contributed by atoms with E-state index in [4.69, 9.17) is 20.4 Å². The lowest BCUT2D eigenvalue weighted by atomic mass is 10.0. The number of aromatic nitrogens is 4. The van der Waals surface area contributed by atoms with Gasteiger partial charge in [-0.1, -0.05) is 6.07 Å². The maximum Gasteiger partial charge on any atom is 0.180 e. The van der Waals surface area contributed by atoms with Gasteiger partial charge in [0, 0.05) is 42.0 Å². The van der Waals surface area contributed by atoms with E-state index in [1.807, 2.05) is 54.5 Å². The zero-order valence-electron chi connectivity index (χ0n) is 21.5. The highest BCUT2D eigenvalue weighted by atomic mass is 19.1. The van der Waals surface area contributed by atoms with Gasteiger partial charge in [-0.3, -0.25) is 14.3 Å². The average molecular weight is 513 g/mol. The molecule has 0 amide bonds. The quantitative estimate of drug-likeness (QED) is 0.359. The van der Waals surface area contributed by atoms with E-state index in [2.05, 4.69) is 11.1 Å². The molecule has 0 saturated carbocycles. The fourth-order valence-corrected chi connectivity index (χ4v) is 5.33. The summed E-state index contributed by atoms with van der Waals surface area (Å²) in [5.41, 5.74) is 12.2. The predicted octanol–water partition coefficient (Wildman–Crippen LogP) is 4.74. The van der Waals surface area contributed by atoms with Crippen LogP contribution in [-0.4, -0.2) is 54.7 Å². The molecule has 3 N–H and O–H groups in total. The van der Waals surface area contributed by atoms with Crippen LogP contribution in [0, 0.1) is 12.7 Å². The number of nitrogens with two attached hydrogens (primary N) is 1. The number of aliphatic hydroxyl groups is 1. The van der Waals surface area contributed by atoms with Crippen molar-refractivity contribution in [1.82, 2.24) is 24.3 Å². The average Bonchev–Trinajstić information content (AvgIpc) is 3.34. The summed E-state index contributed by atoms with van der Waals surface area (Å²) in [6.07, 6.45) is 2.65. The number of rotatable bonds is 4. The van der Waals surface area contributed by atoms with E-state index in [1.54, 1.807) is 18.3 Å². The van der Waals surface area contributed by atoms with Gasteiger partial charge in [-0.25, -0.2) is 14.4 Å². The lowest BCUT2D eigenvalue weighted by Crippen LogP contribution is -2.47. The second-order valence-electron chi connectivity index (χ2n) is 10.0. The fraction of sp³-hybridized carbons (Fsp3) is 0.276. The Balaban J connectivity index is 1.57. The Hall–Kier alpha value is -3.92. The zero-order valence-corrected chi connectivity index (χ0v) is 21.5. The molecule has 8 nitrogen and oxygen atoms in total. The number of hydrogen-bond donors (Lipinski definition) is 2. The Morgan fingerprint density at radius 3 is 2.47 bits per heavy atom. The highest BCUT2D eigenvalue weighted by molar-refractivity contribution is 5.90. The molecule has 0 bridgehead atoms. The minimum absolute atomic E-state index is 0.00717. The number of benzene rings is 2. The van der Waals surface area contributed by atoms with Crippen molar-refractivity contribution in [2.45, 2.75) is 39.2 Å². The Kier molecular flexibility index (Phi) is 6.06. The summed E-state index contributed by atoms with van der Waals surface area (Å²) in [4.78, 5) is 15.9. The maximum absolute atomic E-state index is 13.8. The van der Waals surface area contributed by atoms with Crippen LogP contribution < -0.4 is 5.73 Å². The van der Waals surface area contributed by atoms with E-state index in [0.29, 0.717) is 35.7 Å². The van der Waals surface area contributed by atoms with Gasteiger partial charge in [0.25, 0.3) is 0 Å². The maximum atomic E-state index is 13.8. The van der Waals surface area contributed by atoms with Crippen LogP contribution in [0.2, 0.25) is 0 Å². The monoisotopic (exact) mass is 512 g/mol. The smallest absolute Gasteiger partial charge is 0.180 e. The number of anilines is 1. The molecule has 6 rings (SSSR count). The van der Waals surface area contributed by atoms with Gasteiger partial charge in [-0.15, -0.1) is 0 Å². The zero-order chi connectivity index (χ0) is 26.6. The number of pyridine rings is 1. The van der Waals surface area contributed by atoms with E-state index < -0.39 is 6.23 Å². The van der Waals surface area contributed by atoms with Gasteiger partial charge in [0.15, 0.2) is 17.7 Å². The van der Waals surface area contributed by atoms with E-state index in [9.17, 15) is 9.50 Å². The van der Waals surface area contributed by atoms with Crippen LogP contribution in [0.15, 0.2) is 60.9 Å². The molecular weight excluding hydrogens is 483 g/mol. The largest absolute Gasteiger partial charge is 0.381 e. The molecule has 1 saturated heterocycles. The van der Waals surface area contributed by atoms with Crippen LogP contribution in [0.1, 0.15) is 31.3 Å². The second-order valence-corrected chi connectivity index (χ2v) is 10.0. The first-order valence-corrected chi connectivity index (χ1v) is 12.7. The molecule has 0 spiro atoms. The van der Waals surface area contributed by atoms with Crippen molar-refractivity contribution < 1.29 is 14.2 Å². The van der Waals surface area contributed by atoms with Gasteiger partial charge in [0.05, 0.1) is 29.1 Å². The van der Waals surface area contributed by atoms with E-state index in [1.165, 1.54) is 12.1 Å². The van der Waals surface area contributed by atoms with E-state index >= 15 is 0 Å². The van der Waals surface area contributed by atoms with Crippen LogP contribution in [0.25, 0.3) is 39.1 Å². The highest BCUT2D eigenvalue weighted by Crippen LogP contribution is 2.36. The summed E-state index contributed by atoms with van der Waals surface area (Å²) in [6, 6.07) is 14.2. The lowest BCUT2D eigenvalue weighted by Gasteiger charge is -2.37. The highest BCUT2D eigenvalue weighted by Gasteiger charge is 2.30. The number of aliphatic hydroxyl groups excluding tert-OH is 1. The van der Waals surface area contributed by atoms with E-state index in [-0.39, 0.29) is 23.8 Å². The number of nitrogen functional groups attached to an aromatic ring is 1. The van der Waals surface area contributed by atoms with Gasteiger partial charge in [-0.05, 0) is 68.8 Å². The predicted molar refractivity (Wildman–Crippen MR) is 145 cm³/mol. The Morgan fingerprint density at radius 2 is 1.74 bits per heavy atom. The fourth-order valence-electron chi connectivity index (χ4n) is 5.33. The minimum Gasteiger partial charge on any atom is -0.381 e. The number of halogens is 1. The molecule has 194 valence electrons. The summed E-state index contributed by atoms with van der Waals surface area (Å²) in [6.45, 7) is 7.19. The molecule has 4 heterocycles. The second kappa shape index (κ2) is 9.43. The SMILES string of the molecule is Cc1ccnc2ccc(-c3c(-c4ccc(F)cc4)nc(N)c4nc(C(O)N5CC(C)OC(C)C5)cn34)cc12. The molecule has 1 aliphatic rings. The summed E-state index contributed by atoms with van der Waals surface area (Å²) < 4.78 is 21.5. The summed E-state index contributed by atoms with van der Waals surface area (Å²) >= 11 is 0. The minimum atomic E-state index is -0.937. The van der Waals surface area contributed by atoms with Gasteiger partial charge in [0.2, 0.25) is 0 Å². The molecule has 3 aromatic heterocycles. The number of morpholine rings is 1. The summed E-state index contributed by atoms with van der Waals surface area (Å²) in [5, 5.41) is 12.3. The molecule has 2 aromatic carbocycles. The Labute approximate surface area is 219 Å². The normalized spacial score (nSPS) is 19.3. The van der Waals surface area contributed by atoms with Crippen molar-refractivity contribution in [2.24, 2.45) is 0 Å². The molecular formula is C29H29FN6O2. The molecule has 3 atom stereocenters. The third-order valence-corrected chi connectivity index (χ3v) is 7.06. The van der Waals surface area contributed by atoms with Crippen molar-refractivity contribution in [3.63, 3.8) is 0 Å². The molecule has 1 aliphatic heterocycles. The number of imidazole rings is 1. The first-order valence-electron chi connectivity index (χ1n) is 12.7. The molecule has 9 heteroatoms. The number of hydrogen-bond acceptors (Lipinski definition) is 7. The molecule has 5 aromatic rings. The topological polar surface area (TPSA) is 102 Å². The van der Waals surface area contributed by atoms with Gasteiger partial charge >= 0.3 is 0 Å². The van der Waals surface area contributed by atoms with Gasteiger partial charge < -0.3 is 15.6 Å². The lowest BCUT2D eigenvalue weighted by molar-refractivity contribution is -0.122. The number of fused-ring (bicyclic) bond motifs is 2. The van der Waals surface area contributed by atoms with E-state index in [0.717, 1.165) is 27.7 Å². The number of aryl methyl sites for hydroxylation is 1. The van der Waals surface area contributed by atoms with Crippen LogP contribution in [0.3, 0.4) is 0 Å². The molecule has 38 heavy (non-hydrogen) atoms. The molecule has 0 radical (unpaired) electrons. The standard InChI is InChI=1S/C29H29FN6O2/c1-16-10-11-32-23-9-6-20(12-22(16)23)26-25(19-4-7-21(30)8-5-19)34-27(31)28-33-24(15-36(26)28)29(37)35-13-17(2)38-18(3)14-35/h4-12,15,17-18,29,37H,13-14H2,1-3H3,(H2,31,34). The van der Waals surface area contributed by atoms with Crippen LogP contribution >= 0.6 is 0 Å². The Bertz CT molecular complexity index is 1640. The molecule has 3 unspecified atom stereocenters. The van der Waals surface area contributed by atoms with Crippen molar-refractivity contribution >= 4 is 22.4 Å². The summed E-state index contributed by atoms with van der Waals surface area (Å²) in [5.74, 6) is -0.118.